The van der Waals surface area contributed by atoms with Crippen LogP contribution >= 0.6 is 0 Å². The molecule has 1 aliphatic rings. The van der Waals surface area contributed by atoms with Crippen molar-refractivity contribution in [3.05, 3.63) is 35.9 Å². The summed E-state index contributed by atoms with van der Waals surface area (Å²) in [6.45, 7) is 8.44. The third-order valence-corrected chi connectivity index (χ3v) is 2.95. The standard InChI is InChI=1S/C13H17N/c1-3-12-11(2)7-6-8-13(12)14-9-4-5-10-14/h3,6-8H,1,4-5,9-10H2,2H3. The van der Waals surface area contributed by atoms with E-state index in [0.717, 1.165) is 0 Å². The number of anilines is 1. The maximum Gasteiger partial charge on any atom is 0.0442 e. The summed E-state index contributed by atoms with van der Waals surface area (Å²) >= 11 is 0. The largest absolute Gasteiger partial charge is 0.371 e. The average molecular weight is 187 g/mol. The van der Waals surface area contributed by atoms with Crippen molar-refractivity contribution in [3.63, 3.8) is 0 Å². The molecular formula is C13H17N. The molecule has 1 heteroatoms. The second kappa shape index (κ2) is 3.87. The van der Waals surface area contributed by atoms with E-state index in [1.165, 1.54) is 42.7 Å². The van der Waals surface area contributed by atoms with E-state index < -0.39 is 0 Å². The average Bonchev–Trinajstić information content (AvgIpc) is 2.70. The van der Waals surface area contributed by atoms with E-state index >= 15 is 0 Å². The maximum absolute atomic E-state index is 3.90. The molecule has 1 fully saturated rings. The van der Waals surface area contributed by atoms with Crippen LogP contribution in [0.2, 0.25) is 0 Å². The van der Waals surface area contributed by atoms with Crippen LogP contribution in [-0.4, -0.2) is 13.1 Å². The van der Waals surface area contributed by atoms with Crippen molar-refractivity contribution in [2.45, 2.75) is 19.8 Å². The molecule has 1 aliphatic heterocycles. The molecule has 1 nitrogen and oxygen atoms in total. The Balaban J connectivity index is 2.40. The summed E-state index contributed by atoms with van der Waals surface area (Å²) in [5.41, 5.74) is 3.98. The van der Waals surface area contributed by atoms with E-state index in [0.29, 0.717) is 0 Å². The predicted octanol–water partition coefficient (Wildman–Crippen LogP) is 3.24. The van der Waals surface area contributed by atoms with E-state index in [1.54, 1.807) is 0 Å². The Hall–Kier alpha value is -1.24. The van der Waals surface area contributed by atoms with Crippen LogP contribution in [-0.2, 0) is 0 Å². The third kappa shape index (κ3) is 1.54. The van der Waals surface area contributed by atoms with Crippen molar-refractivity contribution >= 4 is 11.8 Å². The summed E-state index contributed by atoms with van der Waals surface area (Å²) in [7, 11) is 0. The summed E-state index contributed by atoms with van der Waals surface area (Å²) in [5.74, 6) is 0. The Bertz CT molecular complexity index is 335. The second-order valence-corrected chi connectivity index (χ2v) is 3.91. The molecule has 0 aromatic heterocycles. The first-order valence-electron chi connectivity index (χ1n) is 5.30. The van der Waals surface area contributed by atoms with Crippen LogP contribution in [0.3, 0.4) is 0 Å². The molecule has 0 aliphatic carbocycles. The fourth-order valence-electron chi connectivity index (χ4n) is 2.16. The molecule has 0 unspecified atom stereocenters. The summed E-state index contributed by atoms with van der Waals surface area (Å²) < 4.78 is 0. The minimum Gasteiger partial charge on any atom is -0.371 e. The summed E-state index contributed by atoms with van der Waals surface area (Å²) in [6, 6.07) is 6.49. The van der Waals surface area contributed by atoms with Gasteiger partial charge in [-0.3, -0.25) is 0 Å². The van der Waals surface area contributed by atoms with E-state index in [1.807, 2.05) is 6.08 Å². The highest BCUT2D eigenvalue weighted by atomic mass is 15.1. The van der Waals surface area contributed by atoms with E-state index in [-0.39, 0.29) is 0 Å². The molecule has 0 amide bonds. The molecular weight excluding hydrogens is 170 g/mol. The number of aryl methyl sites for hydroxylation is 1. The topological polar surface area (TPSA) is 3.24 Å². The van der Waals surface area contributed by atoms with Crippen LogP contribution in [0.4, 0.5) is 5.69 Å². The highest BCUT2D eigenvalue weighted by molar-refractivity contribution is 5.69. The van der Waals surface area contributed by atoms with E-state index in [4.69, 9.17) is 0 Å². The van der Waals surface area contributed by atoms with Gasteiger partial charge in [0.1, 0.15) is 0 Å². The van der Waals surface area contributed by atoms with Crippen molar-refractivity contribution in [2.24, 2.45) is 0 Å². The molecule has 14 heavy (non-hydrogen) atoms. The van der Waals surface area contributed by atoms with Gasteiger partial charge in [0.2, 0.25) is 0 Å². The molecule has 1 heterocycles. The van der Waals surface area contributed by atoms with Crippen LogP contribution in [0.15, 0.2) is 24.8 Å². The van der Waals surface area contributed by atoms with Gasteiger partial charge in [0.25, 0.3) is 0 Å². The zero-order valence-electron chi connectivity index (χ0n) is 8.79. The third-order valence-electron chi connectivity index (χ3n) is 2.95. The Kier molecular flexibility index (Phi) is 2.58. The smallest absolute Gasteiger partial charge is 0.0442 e. The molecule has 0 atom stereocenters. The van der Waals surface area contributed by atoms with Crippen LogP contribution in [0, 0.1) is 6.92 Å². The molecule has 0 radical (unpaired) electrons. The minimum atomic E-state index is 1.20. The molecule has 1 aromatic rings. The van der Waals surface area contributed by atoms with Crippen LogP contribution in [0.25, 0.3) is 6.08 Å². The van der Waals surface area contributed by atoms with Crippen LogP contribution in [0.5, 0.6) is 0 Å². The van der Waals surface area contributed by atoms with E-state index in [9.17, 15) is 0 Å². The zero-order chi connectivity index (χ0) is 9.97. The van der Waals surface area contributed by atoms with Gasteiger partial charge in [-0.2, -0.15) is 0 Å². The summed E-state index contributed by atoms with van der Waals surface area (Å²) in [4.78, 5) is 2.46. The monoisotopic (exact) mass is 187 g/mol. The molecule has 0 bridgehead atoms. The first-order chi connectivity index (χ1) is 6.83. The molecule has 0 N–H and O–H groups in total. The van der Waals surface area contributed by atoms with Crippen molar-refractivity contribution in [1.29, 1.82) is 0 Å². The quantitative estimate of drug-likeness (QED) is 0.687. The van der Waals surface area contributed by atoms with Crippen molar-refractivity contribution in [3.8, 4) is 0 Å². The van der Waals surface area contributed by atoms with Gasteiger partial charge >= 0.3 is 0 Å². The normalized spacial score (nSPS) is 15.9. The number of hydrogen-bond acceptors (Lipinski definition) is 1. The SMILES string of the molecule is C=Cc1c(C)cccc1N1CCCC1. The number of hydrogen-bond donors (Lipinski definition) is 0. The molecule has 74 valence electrons. The Morgan fingerprint density at radius 3 is 2.64 bits per heavy atom. The number of nitrogens with zero attached hydrogens (tertiary/aromatic N) is 1. The fourth-order valence-corrected chi connectivity index (χ4v) is 2.16. The van der Waals surface area contributed by atoms with Gasteiger partial charge in [0.05, 0.1) is 0 Å². The van der Waals surface area contributed by atoms with Crippen molar-refractivity contribution in [2.75, 3.05) is 18.0 Å². The summed E-state index contributed by atoms with van der Waals surface area (Å²) in [5, 5.41) is 0. The molecule has 1 aromatic carbocycles. The molecule has 1 saturated heterocycles. The van der Waals surface area contributed by atoms with Gasteiger partial charge in [0.15, 0.2) is 0 Å². The minimum absolute atomic E-state index is 1.20. The molecule has 0 saturated carbocycles. The lowest BCUT2D eigenvalue weighted by atomic mass is 10.1. The first kappa shape index (κ1) is 9.32. The molecule has 2 rings (SSSR count). The van der Waals surface area contributed by atoms with Gasteiger partial charge < -0.3 is 4.90 Å². The number of benzene rings is 1. The van der Waals surface area contributed by atoms with E-state index in [2.05, 4.69) is 36.6 Å². The maximum atomic E-state index is 3.90. The van der Waals surface area contributed by atoms with Crippen LogP contribution < -0.4 is 4.90 Å². The highest BCUT2D eigenvalue weighted by Gasteiger charge is 2.14. The van der Waals surface area contributed by atoms with Gasteiger partial charge in [-0.05, 0) is 31.4 Å². The van der Waals surface area contributed by atoms with Crippen molar-refractivity contribution < 1.29 is 0 Å². The highest BCUT2D eigenvalue weighted by Crippen LogP contribution is 2.27. The zero-order valence-corrected chi connectivity index (χ0v) is 8.79. The van der Waals surface area contributed by atoms with Gasteiger partial charge in [0, 0.05) is 24.3 Å². The lowest BCUT2D eigenvalue weighted by Gasteiger charge is -2.21. The lowest BCUT2D eigenvalue weighted by Crippen LogP contribution is -2.18. The Morgan fingerprint density at radius 1 is 1.29 bits per heavy atom. The van der Waals surface area contributed by atoms with Gasteiger partial charge in [-0.1, -0.05) is 24.8 Å². The predicted molar refractivity (Wildman–Crippen MR) is 62.7 cm³/mol. The lowest BCUT2D eigenvalue weighted by molar-refractivity contribution is 0.949. The van der Waals surface area contributed by atoms with Gasteiger partial charge in [-0.25, -0.2) is 0 Å². The van der Waals surface area contributed by atoms with Crippen molar-refractivity contribution in [1.82, 2.24) is 0 Å². The van der Waals surface area contributed by atoms with Gasteiger partial charge in [-0.15, -0.1) is 0 Å². The summed E-state index contributed by atoms with van der Waals surface area (Å²) in [6.07, 6.45) is 4.62. The second-order valence-electron chi connectivity index (χ2n) is 3.91. The Labute approximate surface area is 86.1 Å². The first-order valence-corrected chi connectivity index (χ1v) is 5.30. The fraction of sp³-hybridized carbons (Fsp3) is 0.385. The molecule has 0 spiro atoms. The van der Waals surface area contributed by atoms with Crippen LogP contribution in [0.1, 0.15) is 24.0 Å². The number of rotatable bonds is 2. The Morgan fingerprint density at radius 2 is 2.00 bits per heavy atom.